The molecule has 0 saturated carbocycles. The number of pyridine rings is 1. The maximum atomic E-state index is 15.0. The van der Waals surface area contributed by atoms with Crippen molar-refractivity contribution in [3.63, 3.8) is 0 Å². The van der Waals surface area contributed by atoms with E-state index in [2.05, 4.69) is 10.1 Å². The first-order valence-corrected chi connectivity index (χ1v) is 11.9. The Labute approximate surface area is 215 Å². The third-order valence-electron chi connectivity index (χ3n) is 6.44. The molecule has 0 aliphatic carbocycles. The number of halogens is 5. The zero-order valence-corrected chi connectivity index (χ0v) is 20.7. The number of methoxy groups -OCH3 is 1. The highest BCUT2D eigenvalue weighted by Gasteiger charge is 2.48. The molecule has 0 spiro atoms. The molecule has 3 heterocycles. The minimum absolute atomic E-state index is 0.0348. The second-order valence-corrected chi connectivity index (χ2v) is 9.27. The third-order valence-corrected chi connectivity index (χ3v) is 6.73. The predicted octanol–water partition coefficient (Wildman–Crippen LogP) is 4.96. The monoisotopic (exact) mass is 544 g/mol. The summed E-state index contributed by atoms with van der Waals surface area (Å²) in [6.07, 6.45) is -5.49. The Bertz CT molecular complexity index is 1160. The molecule has 2 aromatic rings. The van der Waals surface area contributed by atoms with Crippen molar-refractivity contribution in [1.82, 2.24) is 4.98 Å². The lowest BCUT2D eigenvalue weighted by Gasteiger charge is -2.36. The number of aromatic nitrogens is 1. The van der Waals surface area contributed by atoms with Crippen LogP contribution in [0.25, 0.3) is 0 Å². The molecule has 2 aliphatic heterocycles. The lowest BCUT2D eigenvalue weighted by molar-refractivity contribution is -0.137. The molecule has 0 unspecified atom stereocenters. The maximum Gasteiger partial charge on any atom is 0.431 e. The van der Waals surface area contributed by atoms with Crippen molar-refractivity contribution in [2.75, 3.05) is 30.1 Å². The molecule has 4 atom stereocenters. The zero-order chi connectivity index (χ0) is 26.9. The van der Waals surface area contributed by atoms with E-state index < -0.39 is 48.5 Å². The van der Waals surface area contributed by atoms with Crippen LogP contribution in [0.1, 0.15) is 19.8 Å². The first kappa shape index (κ1) is 26.8. The summed E-state index contributed by atoms with van der Waals surface area (Å²) in [6, 6.07) is 6.60. The summed E-state index contributed by atoms with van der Waals surface area (Å²) in [7, 11) is 1.47. The topological polar surface area (TPSA) is 87.5 Å². The molecule has 1 fully saturated rings. The second kappa shape index (κ2) is 10.6. The number of piperidine rings is 1. The van der Waals surface area contributed by atoms with Crippen LogP contribution in [0.4, 0.5) is 28.9 Å². The number of aliphatic carboxylic acids is 1. The van der Waals surface area contributed by atoms with E-state index in [1.165, 1.54) is 44.5 Å². The summed E-state index contributed by atoms with van der Waals surface area (Å²) >= 11 is 6.23. The molecule has 4 rings (SSSR count). The van der Waals surface area contributed by atoms with Gasteiger partial charge in [-0.2, -0.15) is 18.3 Å². The molecule has 0 amide bonds. The number of carboxylic acid groups (broad SMARTS) is 1. The van der Waals surface area contributed by atoms with Gasteiger partial charge in [0.05, 0.1) is 48.7 Å². The van der Waals surface area contributed by atoms with E-state index >= 15 is 4.39 Å². The van der Waals surface area contributed by atoms with E-state index in [4.69, 9.17) is 21.1 Å². The number of rotatable bonds is 7. The predicted molar refractivity (Wildman–Crippen MR) is 130 cm³/mol. The summed E-state index contributed by atoms with van der Waals surface area (Å²) in [6.45, 7) is 1.81. The van der Waals surface area contributed by atoms with Crippen LogP contribution in [-0.4, -0.2) is 66.5 Å². The summed E-state index contributed by atoms with van der Waals surface area (Å²) < 4.78 is 66.1. The van der Waals surface area contributed by atoms with Gasteiger partial charge in [0, 0.05) is 24.9 Å². The Morgan fingerprint density at radius 2 is 1.97 bits per heavy atom. The fourth-order valence-corrected chi connectivity index (χ4v) is 4.76. The van der Waals surface area contributed by atoms with Gasteiger partial charge in [-0.3, -0.25) is 9.80 Å². The lowest BCUT2D eigenvalue weighted by atomic mass is 9.94. The van der Waals surface area contributed by atoms with Crippen molar-refractivity contribution < 1.29 is 36.9 Å². The molecule has 1 aromatic carbocycles. The number of anilines is 2. The standard InChI is InChI=1S/C24H25ClF4N4O4/c1-13-18(10-22(34)35)33(31-23(13)24(27,28)29)14-3-5-15(6-4-14)37-20-7-8-32(12-17(20)26)19-9-21(36-2)30-11-16(19)25/h3-6,9,11,13,17-18,20H,7-8,10,12H2,1-2H3,(H,34,35)/t13-,17+,18-,20+/m0/s1. The van der Waals surface area contributed by atoms with Crippen molar-refractivity contribution in [1.29, 1.82) is 0 Å². The van der Waals surface area contributed by atoms with E-state index in [1.807, 2.05) is 0 Å². The Morgan fingerprint density at radius 1 is 1.27 bits per heavy atom. The Morgan fingerprint density at radius 3 is 2.57 bits per heavy atom. The van der Waals surface area contributed by atoms with Gasteiger partial charge in [0.2, 0.25) is 5.88 Å². The van der Waals surface area contributed by atoms with Gasteiger partial charge in [0.15, 0.2) is 6.17 Å². The van der Waals surface area contributed by atoms with E-state index in [0.29, 0.717) is 35.3 Å². The zero-order valence-electron chi connectivity index (χ0n) is 20.0. The van der Waals surface area contributed by atoms with Crippen LogP contribution in [0.2, 0.25) is 5.02 Å². The van der Waals surface area contributed by atoms with E-state index in [-0.39, 0.29) is 12.2 Å². The first-order chi connectivity index (χ1) is 17.5. The number of alkyl halides is 4. The summed E-state index contributed by atoms with van der Waals surface area (Å²) in [5, 5.41) is 14.3. The number of carboxylic acids is 1. The molecule has 13 heteroatoms. The Kier molecular flexibility index (Phi) is 7.67. The molecule has 8 nitrogen and oxygen atoms in total. The summed E-state index contributed by atoms with van der Waals surface area (Å²) in [4.78, 5) is 17.1. The number of hydrazone groups is 1. The fourth-order valence-electron chi connectivity index (χ4n) is 4.53. The minimum atomic E-state index is -4.68. The average Bonchev–Trinajstić information content (AvgIpc) is 3.17. The molecule has 1 aromatic heterocycles. The molecule has 0 bridgehead atoms. The molecular formula is C24H25ClF4N4O4. The quantitative estimate of drug-likeness (QED) is 0.493. The number of hydrogen-bond donors (Lipinski definition) is 1. The molecule has 0 radical (unpaired) electrons. The average molecular weight is 545 g/mol. The molecule has 200 valence electrons. The van der Waals surface area contributed by atoms with Gasteiger partial charge in [0.1, 0.15) is 17.6 Å². The van der Waals surface area contributed by atoms with Crippen LogP contribution in [0, 0.1) is 5.92 Å². The van der Waals surface area contributed by atoms with E-state index in [1.54, 1.807) is 11.0 Å². The minimum Gasteiger partial charge on any atom is -0.487 e. The third kappa shape index (κ3) is 5.84. The highest BCUT2D eigenvalue weighted by molar-refractivity contribution is 6.33. The van der Waals surface area contributed by atoms with E-state index in [0.717, 1.165) is 5.01 Å². The van der Waals surface area contributed by atoms with Gasteiger partial charge in [-0.25, -0.2) is 9.37 Å². The number of nitrogens with zero attached hydrogens (tertiary/aromatic N) is 4. The Balaban J connectivity index is 1.44. The molecule has 37 heavy (non-hydrogen) atoms. The second-order valence-electron chi connectivity index (χ2n) is 8.86. The van der Waals surface area contributed by atoms with Gasteiger partial charge in [-0.15, -0.1) is 0 Å². The van der Waals surface area contributed by atoms with Gasteiger partial charge in [-0.1, -0.05) is 18.5 Å². The van der Waals surface area contributed by atoms with Gasteiger partial charge < -0.3 is 19.5 Å². The van der Waals surface area contributed by atoms with Gasteiger partial charge in [-0.05, 0) is 24.3 Å². The van der Waals surface area contributed by atoms with Crippen molar-refractivity contribution in [3.05, 3.63) is 41.6 Å². The van der Waals surface area contributed by atoms with Crippen molar-refractivity contribution in [3.8, 4) is 11.6 Å². The van der Waals surface area contributed by atoms with Crippen molar-refractivity contribution in [2.24, 2.45) is 11.0 Å². The van der Waals surface area contributed by atoms with Crippen molar-refractivity contribution in [2.45, 2.75) is 44.3 Å². The highest BCUT2D eigenvalue weighted by Crippen LogP contribution is 2.37. The Hall–Kier alpha value is -3.28. The first-order valence-electron chi connectivity index (χ1n) is 11.5. The van der Waals surface area contributed by atoms with Crippen LogP contribution < -0.4 is 19.4 Å². The van der Waals surface area contributed by atoms with Crippen LogP contribution >= 0.6 is 11.6 Å². The maximum absolute atomic E-state index is 15.0. The number of benzene rings is 1. The van der Waals surface area contributed by atoms with Crippen LogP contribution in [0.5, 0.6) is 11.6 Å². The van der Waals surface area contributed by atoms with Crippen LogP contribution in [0.15, 0.2) is 41.6 Å². The highest BCUT2D eigenvalue weighted by atomic mass is 35.5. The number of carbonyl (C=O) groups is 1. The van der Waals surface area contributed by atoms with Crippen LogP contribution in [-0.2, 0) is 4.79 Å². The number of hydrogen-bond acceptors (Lipinski definition) is 7. The van der Waals surface area contributed by atoms with Gasteiger partial charge in [0.25, 0.3) is 0 Å². The fraction of sp³-hybridized carbons (Fsp3) is 0.458. The van der Waals surface area contributed by atoms with E-state index in [9.17, 15) is 23.1 Å². The molecule has 2 aliphatic rings. The van der Waals surface area contributed by atoms with Gasteiger partial charge >= 0.3 is 12.1 Å². The SMILES string of the molecule is COc1cc(N2CC[C@@H](Oc3ccc(N4N=C(C(F)(F)F)[C@@H](C)[C@@H]4CC(=O)O)cc3)[C@H](F)C2)c(Cl)cn1. The van der Waals surface area contributed by atoms with Crippen LogP contribution in [0.3, 0.4) is 0 Å². The summed E-state index contributed by atoms with van der Waals surface area (Å²) in [5.41, 5.74) is -0.149. The molecular weight excluding hydrogens is 520 g/mol. The molecule has 1 saturated heterocycles. The lowest BCUT2D eigenvalue weighted by Crippen LogP contribution is -2.47. The normalized spacial score (nSPS) is 24.1. The molecule has 1 N–H and O–H groups in total. The van der Waals surface area contributed by atoms with Crippen molar-refractivity contribution >= 4 is 34.7 Å². The largest absolute Gasteiger partial charge is 0.487 e. The summed E-state index contributed by atoms with van der Waals surface area (Å²) in [5.74, 6) is -1.67. The smallest absolute Gasteiger partial charge is 0.431 e. The number of ether oxygens (including phenoxy) is 2.